The van der Waals surface area contributed by atoms with Crippen molar-refractivity contribution in [3.05, 3.63) is 39.7 Å². The number of pyridine rings is 1. The van der Waals surface area contributed by atoms with Gasteiger partial charge in [0.1, 0.15) is 11.2 Å². The summed E-state index contributed by atoms with van der Waals surface area (Å²) in [4.78, 5) is 11.5. The zero-order valence-corrected chi connectivity index (χ0v) is 19.3. The second kappa shape index (κ2) is 6.42. The molecule has 2 bridgehead atoms. The van der Waals surface area contributed by atoms with Crippen LogP contribution in [0.3, 0.4) is 0 Å². The largest absolute Gasteiger partial charge is 0.346 e. The van der Waals surface area contributed by atoms with Crippen LogP contribution in [0.2, 0.25) is 0 Å². The van der Waals surface area contributed by atoms with E-state index in [0.29, 0.717) is 5.92 Å². The number of aromatic nitrogens is 4. The second-order valence-corrected chi connectivity index (χ2v) is 11.2. The average Bonchev–Trinajstić information content (AvgIpc) is 3.56. The molecule has 5 heterocycles. The number of rotatable bonds is 3. The van der Waals surface area contributed by atoms with Crippen molar-refractivity contribution in [2.75, 3.05) is 6.54 Å². The lowest BCUT2D eigenvalue weighted by molar-refractivity contribution is 0.445. The molecule has 2 fully saturated rings. The van der Waals surface area contributed by atoms with Gasteiger partial charge in [-0.2, -0.15) is 5.10 Å². The maximum atomic E-state index is 4.54. The standard InChI is InChI=1S/C25H29N5S/c1-12(2)20-21-13(3)23(18-8-15-7-14(18)9-26-15)31-25(21)29-22(20)19-10-30-24(27-11-28-30)17-6-4-5-16(17)19/h10-12,14-15,18,26,29H,4-9H2,1-3H3/t14-,15?,18?/m0/s1. The van der Waals surface area contributed by atoms with Crippen LogP contribution >= 0.6 is 11.3 Å². The number of aryl methyl sites for hydroxylation is 2. The highest BCUT2D eigenvalue weighted by atomic mass is 32.1. The molecule has 0 amide bonds. The minimum Gasteiger partial charge on any atom is -0.346 e. The number of nitrogens with one attached hydrogen (secondary N) is 2. The number of nitrogens with zero attached hydrogens (tertiary/aromatic N) is 3. The summed E-state index contributed by atoms with van der Waals surface area (Å²) >= 11 is 2.03. The highest BCUT2D eigenvalue weighted by Gasteiger charge is 2.42. The summed E-state index contributed by atoms with van der Waals surface area (Å²) in [5.41, 5.74) is 9.59. The normalized spacial score (nSPS) is 25.0. The topological polar surface area (TPSA) is 58.0 Å². The van der Waals surface area contributed by atoms with Crippen LogP contribution in [0, 0.1) is 12.8 Å². The van der Waals surface area contributed by atoms with Gasteiger partial charge in [0.25, 0.3) is 0 Å². The molecular weight excluding hydrogens is 402 g/mol. The smallest absolute Gasteiger partial charge is 0.158 e. The van der Waals surface area contributed by atoms with Gasteiger partial charge in [-0.25, -0.2) is 9.50 Å². The van der Waals surface area contributed by atoms with Gasteiger partial charge >= 0.3 is 0 Å². The van der Waals surface area contributed by atoms with Crippen LogP contribution in [0.1, 0.15) is 72.1 Å². The summed E-state index contributed by atoms with van der Waals surface area (Å²) in [6, 6.07) is 0.743. The Balaban J connectivity index is 1.44. The average molecular weight is 432 g/mol. The molecule has 1 saturated heterocycles. The number of hydrogen-bond donors (Lipinski definition) is 2. The molecule has 3 aliphatic rings. The molecule has 1 aliphatic heterocycles. The fourth-order valence-corrected chi connectivity index (χ4v) is 8.25. The van der Waals surface area contributed by atoms with E-state index >= 15 is 0 Å². The highest BCUT2D eigenvalue weighted by Crippen LogP contribution is 2.51. The minimum absolute atomic E-state index is 0.468. The third kappa shape index (κ3) is 2.46. The molecule has 5 nitrogen and oxygen atoms in total. The Labute approximate surface area is 186 Å². The van der Waals surface area contributed by atoms with Gasteiger partial charge in [-0.05, 0) is 80.0 Å². The number of hydrogen-bond acceptors (Lipinski definition) is 4. The zero-order valence-electron chi connectivity index (χ0n) is 18.5. The molecule has 4 aromatic rings. The lowest BCUT2D eigenvalue weighted by Crippen LogP contribution is -2.28. The summed E-state index contributed by atoms with van der Waals surface area (Å²) < 4.78 is 1.99. The molecule has 2 unspecified atom stereocenters. The summed E-state index contributed by atoms with van der Waals surface area (Å²) in [5.74, 6) is 2.04. The number of piperidine rings is 1. The summed E-state index contributed by atoms with van der Waals surface area (Å²) in [6.45, 7) is 8.27. The van der Waals surface area contributed by atoms with Crippen LogP contribution in [-0.2, 0) is 12.8 Å². The molecule has 6 heteroatoms. The van der Waals surface area contributed by atoms with Gasteiger partial charge in [0.2, 0.25) is 0 Å². The molecule has 0 radical (unpaired) electrons. The third-order valence-corrected chi connectivity index (χ3v) is 9.48. The number of thiophene rings is 1. The molecule has 160 valence electrons. The first kappa shape index (κ1) is 18.4. The van der Waals surface area contributed by atoms with E-state index in [0.717, 1.165) is 36.4 Å². The van der Waals surface area contributed by atoms with Gasteiger partial charge < -0.3 is 10.3 Å². The summed E-state index contributed by atoms with van der Waals surface area (Å²) in [5, 5.41) is 9.67. The molecule has 3 atom stereocenters. The lowest BCUT2D eigenvalue weighted by Gasteiger charge is -2.22. The van der Waals surface area contributed by atoms with Crippen molar-refractivity contribution in [2.45, 2.75) is 70.8 Å². The van der Waals surface area contributed by atoms with Crippen molar-refractivity contribution < 1.29 is 0 Å². The Kier molecular flexibility index (Phi) is 3.81. The third-order valence-electron chi connectivity index (χ3n) is 8.15. The monoisotopic (exact) mass is 431 g/mol. The summed E-state index contributed by atoms with van der Waals surface area (Å²) in [7, 11) is 0. The van der Waals surface area contributed by atoms with E-state index in [9.17, 15) is 0 Å². The van der Waals surface area contributed by atoms with Crippen molar-refractivity contribution in [1.29, 1.82) is 0 Å². The van der Waals surface area contributed by atoms with E-state index < -0.39 is 0 Å². The van der Waals surface area contributed by atoms with Crippen LogP contribution < -0.4 is 5.32 Å². The van der Waals surface area contributed by atoms with Crippen molar-refractivity contribution in [1.82, 2.24) is 24.9 Å². The van der Waals surface area contributed by atoms with E-state index in [1.54, 1.807) is 11.2 Å². The van der Waals surface area contributed by atoms with Crippen LogP contribution in [0.25, 0.3) is 27.1 Å². The fraction of sp³-hybridized carbons (Fsp3) is 0.520. The SMILES string of the molecule is Cc1c(C2CC3C[C@H]2CN3)sc2[nH]c(-c3cn4ncnc4c4c3CCC4)c(C(C)C)c12. The molecule has 0 spiro atoms. The Morgan fingerprint density at radius 3 is 2.84 bits per heavy atom. The van der Waals surface area contributed by atoms with Crippen LogP contribution in [-0.4, -0.2) is 32.2 Å². The molecular formula is C25H29N5S. The van der Waals surface area contributed by atoms with Gasteiger partial charge in [0.05, 0.1) is 5.69 Å². The first-order valence-corrected chi connectivity index (χ1v) is 12.6. The van der Waals surface area contributed by atoms with Gasteiger partial charge in [-0.3, -0.25) is 0 Å². The Bertz CT molecular complexity index is 1340. The molecule has 7 rings (SSSR count). The first-order chi connectivity index (χ1) is 15.1. The van der Waals surface area contributed by atoms with E-state index in [1.807, 2.05) is 15.9 Å². The predicted molar refractivity (Wildman–Crippen MR) is 126 cm³/mol. The molecule has 31 heavy (non-hydrogen) atoms. The zero-order chi connectivity index (χ0) is 20.9. The minimum atomic E-state index is 0.468. The van der Waals surface area contributed by atoms with Gasteiger partial charge in [0, 0.05) is 33.6 Å². The number of H-pyrrole nitrogens is 1. The molecule has 2 aliphatic carbocycles. The van der Waals surface area contributed by atoms with Crippen molar-refractivity contribution in [3.8, 4) is 11.3 Å². The van der Waals surface area contributed by atoms with Crippen LogP contribution in [0.4, 0.5) is 0 Å². The fourth-order valence-electron chi connectivity index (χ4n) is 6.81. The van der Waals surface area contributed by atoms with Crippen molar-refractivity contribution >= 4 is 27.2 Å². The molecule has 0 aromatic carbocycles. The van der Waals surface area contributed by atoms with Crippen LogP contribution in [0.15, 0.2) is 12.5 Å². The second-order valence-electron chi connectivity index (χ2n) is 10.2. The van der Waals surface area contributed by atoms with Crippen LogP contribution in [0.5, 0.6) is 0 Å². The van der Waals surface area contributed by atoms with Gasteiger partial charge in [0.15, 0.2) is 5.65 Å². The van der Waals surface area contributed by atoms with E-state index in [1.165, 1.54) is 69.5 Å². The molecule has 4 aromatic heterocycles. The number of fused-ring (bicyclic) bond motifs is 6. The van der Waals surface area contributed by atoms with Crippen molar-refractivity contribution in [3.63, 3.8) is 0 Å². The quantitative estimate of drug-likeness (QED) is 0.461. The molecule has 1 saturated carbocycles. The predicted octanol–water partition coefficient (Wildman–Crippen LogP) is 5.33. The van der Waals surface area contributed by atoms with Gasteiger partial charge in [-0.1, -0.05) is 13.8 Å². The highest BCUT2D eigenvalue weighted by molar-refractivity contribution is 7.19. The Morgan fingerprint density at radius 2 is 2.06 bits per heavy atom. The number of aromatic amines is 1. The van der Waals surface area contributed by atoms with Gasteiger partial charge in [-0.15, -0.1) is 11.3 Å². The van der Waals surface area contributed by atoms with Crippen molar-refractivity contribution in [2.24, 2.45) is 5.92 Å². The maximum absolute atomic E-state index is 4.54. The summed E-state index contributed by atoms with van der Waals surface area (Å²) in [6.07, 6.45) is 10.0. The molecule has 2 N–H and O–H groups in total. The van der Waals surface area contributed by atoms with E-state index in [2.05, 4.69) is 47.4 Å². The Morgan fingerprint density at radius 1 is 1.19 bits per heavy atom. The first-order valence-electron chi connectivity index (χ1n) is 11.8. The van der Waals surface area contributed by atoms with E-state index in [-0.39, 0.29) is 0 Å². The maximum Gasteiger partial charge on any atom is 0.158 e. The lowest BCUT2D eigenvalue weighted by atomic mass is 9.89. The Hall–Kier alpha value is -2.18. The van der Waals surface area contributed by atoms with E-state index in [4.69, 9.17) is 0 Å².